The van der Waals surface area contributed by atoms with Gasteiger partial charge in [0.15, 0.2) is 5.96 Å². The number of thiazole rings is 1. The molecule has 2 aromatic rings. The van der Waals surface area contributed by atoms with E-state index in [9.17, 15) is 13.2 Å². The zero-order valence-corrected chi connectivity index (χ0v) is 16.3. The molecule has 0 radical (unpaired) electrons. The van der Waals surface area contributed by atoms with Crippen LogP contribution in [0.5, 0.6) is 0 Å². The van der Waals surface area contributed by atoms with Gasteiger partial charge in [-0.2, -0.15) is 13.2 Å². The number of ether oxygens (including phenoxy) is 1. The highest BCUT2D eigenvalue weighted by Crippen LogP contribution is 2.17. The fourth-order valence-electron chi connectivity index (χ4n) is 2.42. The molecule has 2 rings (SSSR count). The number of nitrogens with one attached hydrogen (secondary N) is 2. The number of aryl methyl sites for hydroxylation is 2. The number of rotatable bonds is 7. The molecule has 1 aromatic carbocycles. The van der Waals surface area contributed by atoms with E-state index < -0.39 is 12.8 Å². The molecule has 0 bridgehead atoms. The van der Waals surface area contributed by atoms with Crippen LogP contribution in [0.4, 0.5) is 13.2 Å². The van der Waals surface area contributed by atoms with Crippen molar-refractivity contribution in [2.45, 2.75) is 39.7 Å². The van der Waals surface area contributed by atoms with Crippen molar-refractivity contribution in [3.05, 3.63) is 51.0 Å². The minimum atomic E-state index is -4.31. The molecule has 5 nitrogen and oxygen atoms in total. The number of benzene rings is 1. The molecule has 9 heteroatoms. The second-order valence-corrected chi connectivity index (χ2v) is 7.24. The summed E-state index contributed by atoms with van der Waals surface area (Å²) in [6.45, 7) is 3.74. The van der Waals surface area contributed by atoms with E-state index in [1.807, 2.05) is 26.0 Å². The molecule has 0 fully saturated rings. The predicted octanol–water partition coefficient (Wildman–Crippen LogP) is 3.70. The molecule has 0 aliphatic rings. The van der Waals surface area contributed by atoms with Gasteiger partial charge in [-0.25, -0.2) is 4.98 Å². The van der Waals surface area contributed by atoms with Crippen molar-refractivity contribution in [1.29, 1.82) is 0 Å². The summed E-state index contributed by atoms with van der Waals surface area (Å²) in [5.41, 5.74) is 2.63. The van der Waals surface area contributed by atoms with Crippen LogP contribution in [0.1, 0.15) is 26.7 Å². The van der Waals surface area contributed by atoms with Crippen LogP contribution in [0, 0.1) is 13.8 Å². The SMILES string of the molecule is CN=C(NCc1cccc(COCC(F)(F)F)c1)NCc1sc(C)nc1C. The fourth-order valence-corrected chi connectivity index (χ4v) is 3.30. The lowest BCUT2D eigenvalue weighted by atomic mass is 10.1. The first kappa shape index (κ1) is 21.2. The number of alkyl halides is 3. The van der Waals surface area contributed by atoms with Crippen molar-refractivity contribution in [2.75, 3.05) is 13.7 Å². The zero-order valence-electron chi connectivity index (χ0n) is 15.5. The molecule has 1 heterocycles. The Morgan fingerprint density at radius 2 is 1.89 bits per heavy atom. The largest absolute Gasteiger partial charge is 0.411 e. The van der Waals surface area contributed by atoms with Gasteiger partial charge in [0.2, 0.25) is 0 Å². The number of nitrogens with zero attached hydrogens (tertiary/aromatic N) is 2. The smallest absolute Gasteiger partial charge is 0.367 e. The normalized spacial score (nSPS) is 12.3. The highest BCUT2D eigenvalue weighted by molar-refractivity contribution is 7.11. The van der Waals surface area contributed by atoms with Crippen molar-refractivity contribution in [1.82, 2.24) is 15.6 Å². The van der Waals surface area contributed by atoms with Crippen LogP contribution in [0.15, 0.2) is 29.3 Å². The van der Waals surface area contributed by atoms with Crippen LogP contribution in [0.3, 0.4) is 0 Å². The summed E-state index contributed by atoms with van der Waals surface area (Å²) < 4.78 is 41.1. The van der Waals surface area contributed by atoms with E-state index in [1.54, 1.807) is 30.5 Å². The minimum Gasteiger partial charge on any atom is -0.367 e. The molecule has 27 heavy (non-hydrogen) atoms. The van der Waals surface area contributed by atoms with Gasteiger partial charge < -0.3 is 15.4 Å². The van der Waals surface area contributed by atoms with Crippen LogP contribution in [-0.2, 0) is 24.4 Å². The number of halogens is 3. The van der Waals surface area contributed by atoms with Crippen molar-refractivity contribution in [3.63, 3.8) is 0 Å². The quantitative estimate of drug-likeness (QED) is 0.550. The maximum atomic E-state index is 12.1. The third-order valence-electron chi connectivity index (χ3n) is 3.63. The average Bonchev–Trinajstić information content (AvgIpc) is 2.92. The van der Waals surface area contributed by atoms with Crippen LogP contribution < -0.4 is 10.6 Å². The summed E-state index contributed by atoms with van der Waals surface area (Å²) >= 11 is 1.64. The third-order valence-corrected chi connectivity index (χ3v) is 4.70. The van der Waals surface area contributed by atoms with Crippen LogP contribution in [0.25, 0.3) is 0 Å². The second kappa shape index (κ2) is 9.70. The maximum Gasteiger partial charge on any atom is 0.411 e. The number of guanidine groups is 1. The monoisotopic (exact) mass is 400 g/mol. The van der Waals surface area contributed by atoms with Gasteiger partial charge >= 0.3 is 6.18 Å². The van der Waals surface area contributed by atoms with E-state index in [4.69, 9.17) is 4.74 Å². The number of hydrogen-bond acceptors (Lipinski definition) is 4. The first-order valence-corrected chi connectivity index (χ1v) is 9.18. The Morgan fingerprint density at radius 1 is 1.19 bits per heavy atom. The Labute approximate surface area is 160 Å². The Morgan fingerprint density at radius 3 is 2.52 bits per heavy atom. The molecule has 0 saturated carbocycles. The molecule has 0 atom stereocenters. The van der Waals surface area contributed by atoms with Crippen molar-refractivity contribution < 1.29 is 17.9 Å². The molecule has 0 saturated heterocycles. The summed E-state index contributed by atoms with van der Waals surface area (Å²) in [5, 5.41) is 7.45. The van der Waals surface area contributed by atoms with Gasteiger partial charge in [0.25, 0.3) is 0 Å². The Kier molecular flexibility index (Phi) is 7.61. The van der Waals surface area contributed by atoms with Crippen molar-refractivity contribution in [2.24, 2.45) is 4.99 Å². The van der Waals surface area contributed by atoms with Crippen LogP contribution in [0.2, 0.25) is 0 Å². The molecule has 0 aliphatic heterocycles. The van der Waals surface area contributed by atoms with Gasteiger partial charge in [-0.3, -0.25) is 4.99 Å². The van der Waals surface area contributed by atoms with Crippen LogP contribution >= 0.6 is 11.3 Å². The second-order valence-electron chi connectivity index (χ2n) is 5.95. The molecular weight excluding hydrogens is 377 g/mol. The maximum absolute atomic E-state index is 12.1. The first-order chi connectivity index (χ1) is 12.8. The Bertz CT molecular complexity index is 774. The molecule has 0 unspecified atom stereocenters. The summed E-state index contributed by atoms with van der Waals surface area (Å²) in [6.07, 6.45) is -4.31. The van der Waals surface area contributed by atoms with Crippen LogP contribution in [-0.4, -0.2) is 30.8 Å². The summed E-state index contributed by atoms with van der Waals surface area (Å²) in [5.74, 6) is 0.638. The van der Waals surface area contributed by atoms with E-state index in [-0.39, 0.29) is 6.61 Å². The molecule has 0 aliphatic carbocycles. The highest BCUT2D eigenvalue weighted by atomic mass is 32.1. The lowest BCUT2D eigenvalue weighted by molar-refractivity contribution is -0.176. The minimum absolute atomic E-state index is 0.0790. The highest BCUT2D eigenvalue weighted by Gasteiger charge is 2.27. The van der Waals surface area contributed by atoms with E-state index in [1.165, 1.54) is 0 Å². The number of aromatic nitrogens is 1. The lowest BCUT2D eigenvalue weighted by Crippen LogP contribution is -2.36. The van der Waals surface area contributed by atoms with Gasteiger partial charge in [0.05, 0.1) is 23.9 Å². The summed E-state index contributed by atoms with van der Waals surface area (Å²) in [7, 11) is 1.68. The molecule has 2 N–H and O–H groups in total. The van der Waals surface area contributed by atoms with E-state index in [0.717, 1.165) is 21.1 Å². The average molecular weight is 400 g/mol. The Hall–Kier alpha value is -2.13. The molecule has 1 aromatic heterocycles. The topological polar surface area (TPSA) is 58.5 Å². The zero-order chi connectivity index (χ0) is 19.9. The van der Waals surface area contributed by atoms with Gasteiger partial charge in [0, 0.05) is 18.5 Å². The first-order valence-electron chi connectivity index (χ1n) is 8.36. The fraction of sp³-hybridized carbons (Fsp3) is 0.444. The molecular formula is C18H23F3N4OS. The molecule has 148 valence electrons. The third kappa shape index (κ3) is 7.56. The van der Waals surface area contributed by atoms with Gasteiger partial charge in [-0.05, 0) is 25.0 Å². The van der Waals surface area contributed by atoms with E-state index >= 15 is 0 Å². The van der Waals surface area contributed by atoms with Gasteiger partial charge in [-0.1, -0.05) is 24.3 Å². The number of aliphatic imine (C=N–C) groups is 1. The summed E-state index contributed by atoms with van der Waals surface area (Å²) in [6, 6.07) is 7.24. The van der Waals surface area contributed by atoms with Gasteiger partial charge in [0.1, 0.15) is 6.61 Å². The molecule has 0 amide bonds. The lowest BCUT2D eigenvalue weighted by Gasteiger charge is -2.12. The Balaban J connectivity index is 1.83. The summed E-state index contributed by atoms with van der Waals surface area (Å²) in [4.78, 5) is 9.73. The molecule has 0 spiro atoms. The standard InChI is InChI=1S/C18H23F3N4OS/c1-12-16(27-13(2)25-12)9-24-17(22-3)23-8-14-5-4-6-15(7-14)10-26-11-18(19,20)21/h4-7H,8-11H2,1-3H3,(H2,22,23,24). The predicted molar refractivity (Wildman–Crippen MR) is 101 cm³/mol. The van der Waals surface area contributed by atoms with Gasteiger partial charge in [-0.15, -0.1) is 11.3 Å². The van der Waals surface area contributed by atoms with Crippen molar-refractivity contribution >= 4 is 17.3 Å². The van der Waals surface area contributed by atoms with E-state index in [2.05, 4.69) is 20.6 Å². The number of hydrogen-bond donors (Lipinski definition) is 2. The van der Waals surface area contributed by atoms with E-state index in [0.29, 0.717) is 24.6 Å². The van der Waals surface area contributed by atoms with Crippen molar-refractivity contribution in [3.8, 4) is 0 Å².